The number of hydrogen-bond donors (Lipinski definition) is 1. The van der Waals surface area contributed by atoms with Crippen LogP contribution >= 0.6 is 0 Å². The first-order chi connectivity index (χ1) is 16.7. The molecule has 1 aromatic heterocycles. The normalized spacial score (nSPS) is 12.7. The average Bonchev–Trinajstić information content (AvgIpc) is 3.35. The van der Waals surface area contributed by atoms with Crippen LogP contribution in [-0.4, -0.2) is 47.6 Å². The lowest BCUT2D eigenvalue weighted by molar-refractivity contribution is 0.0666. The lowest BCUT2D eigenvalue weighted by Crippen LogP contribution is -2.44. The van der Waals surface area contributed by atoms with Gasteiger partial charge in [-0.1, -0.05) is 43.3 Å². The first kappa shape index (κ1) is 23.3. The molecule has 176 valence electrons. The fourth-order valence-corrected chi connectivity index (χ4v) is 4.08. The number of hydrogen-bond acceptors (Lipinski definition) is 5. The molecule has 0 spiro atoms. The smallest absolute Gasteiger partial charge is 0.269 e. The molecule has 3 aromatic rings. The first-order valence-electron chi connectivity index (χ1n) is 11.6. The second-order valence-electron chi connectivity index (χ2n) is 8.17. The van der Waals surface area contributed by atoms with E-state index in [0.717, 1.165) is 12.0 Å². The molecule has 0 saturated heterocycles. The van der Waals surface area contributed by atoms with E-state index in [4.69, 9.17) is 9.47 Å². The van der Waals surface area contributed by atoms with Crippen molar-refractivity contribution in [3.63, 3.8) is 0 Å². The van der Waals surface area contributed by atoms with Gasteiger partial charge in [-0.3, -0.25) is 14.6 Å². The molecule has 4 rings (SSSR count). The number of pyridine rings is 1. The summed E-state index contributed by atoms with van der Waals surface area (Å²) in [6.45, 7) is 3.26. The molecule has 34 heavy (non-hydrogen) atoms. The number of carbonyl (C=O) groups is 2. The second-order valence-corrected chi connectivity index (χ2v) is 8.17. The van der Waals surface area contributed by atoms with E-state index in [0.29, 0.717) is 48.7 Å². The summed E-state index contributed by atoms with van der Waals surface area (Å²) >= 11 is 0. The summed E-state index contributed by atoms with van der Waals surface area (Å²) < 4.78 is 10.9. The average molecular weight is 460 g/mol. The van der Waals surface area contributed by atoms with Gasteiger partial charge in [0.1, 0.15) is 5.69 Å². The zero-order valence-corrected chi connectivity index (χ0v) is 19.3. The molecule has 7 heteroatoms. The molecule has 1 unspecified atom stereocenters. The Bertz CT molecular complexity index is 1110. The van der Waals surface area contributed by atoms with E-state index in [2.05, 4.69) is 29.4 Å². The lowest BCUT2D eigenvalue weighted by Gasteiger charge is -2.32. The fraction of sp³-hybridized carbons (Fsp3) is 0.296. The van der Waals surface area contributed by atoms with Crippen molar-refractivity contribution in [1.82, 2.24) is 15.2 Å². The standard InChI is InChI=1S/C27H29N3O4/c1-2-16-30(27(32)21-11-12-24-25(18-21)34-19-33-24)22(17-20-8-4-3-5-9-20)13-15-29-26(31)23-10-6-7-14-28-23/h3-12,14,18,22H,2,13,15-17,19H2,1H3,(H,29,31). The minimum Gasteiger partial charge on any atom is -0.454 e. The molecule has 1 N–H and O–H groups in total. The molecule has 0 saturated carbocycles. The van der Waals surface area contributed by atoms with E-state index in [1.807, 2.05) is 23.1 Å². The van der Waals surface area contributed by atoms with E-state index in [-0.39, 0.29) is 24.6 Å². The highest BCUT2D eigenvalue weighted by molar-refractivity contribution is 5.95. The van der Waals surface area contributed by atoms with Crippen LogP contribution in [0.25, 0.3) is 0 Å². The molecule has 2 aromatic carbocycles. The Morgan fingerprint density at radius 1 is 1.03 bits per heavy atom. The lowest BCUT2D eigenvalue weighted by atomic mass is 10.00. The van der Waals surface area contributed by atoms with Crippen LogP contribution in [0.15, 0.2) is 72.9 Å². The maximum atomic E-state index is 13.6. The third kappa shape index (κ3) is 5.73. The monoisotopic (exact) mass is 459 g/mol. The minimum atomic E-state index is -0.219. The van der Waals surface area contributed by atoms with E-state index in [1.54, 1.807) is 42.6 Å². The van der Waals surface area contributed by atoms with Crippen molar-refractivity contribution in [3.8, 4) is 11.5 Å². The van der Waals surface area contributed by atoms with E-state index in [1.165, 1.54) is 0 Å². The van der Waals surface area contributed by atoms with Crippen molar-refractivity contribution in [2.45, 2.75) is 32.2 Å². The molecule has 1 aliphatic heterocycles. The summed E-state index contributed by atoms with van der Waals surface area (Å²) in [5.41, 5.74) is 2.08. The SMILES string of the molecule is CCCN(C(=O)c1ccc2c(c1)OCO2)C(CCNC(=O)c1ccccn1)Cc1ccccc1. The first-order valence-corrected chi connectivity index (χ1v) is 11.6. The summed E-state index contributed by atoms with van der Waals surface area (Å²) in [5, 5.41) is 2.95. The molecule has 0 bridgehead atoms. The Morgan fingerprint density at radius 3 is 2.59 bits per heavy atom. The number of aromatic nitrogens is 1. The molecular formula is C27H29N3O4. The number of amides is 2. The quantitative estimate of drug-likeness (QED) is 0.494. The van der Waals surface area contributed by atoms with Crippen molar-refractivity contribution >= 4 is 11.8 Å². The Kier molecular flexibility index (Phi) is 7.75. The molecule has 1 atom stereocenters. The van der Waals surface area contributed by atoms with Gasteiger partial charge in [-0.25, -0.2) is 0 Å². The van der Waals surface area contributed by atoms with Crippen LogP contribution in [0.4, 0.5) is 0 Å². The van der Waals surface area contributed by atoms with Gasteiger partial charge in [0.25, 0.3) is 11.8 Å². The van der Waals surface area contributed by atoms with E-state index < -0.39 is 0 Å². The molecule has 2 heterocycles. The molecule has 1 aliphatic rings. The maximum Gasteiger partial charge on any atom is 0.269 e. The summed E-state index contributed by atoms with van der Waals surface area (Å²) in [6.07, 6.45) is 3.72. The maximum absolute atomic E-state index is 13.6. The van der Waals surface area contributed by atoms with Gasteiger partial charge < -0.3 is 19.7 Å². The predicted octanol–water partition coefficient (Wildman–Crippen LogP) is 4.09. The number of nitrogens with zero attached hydrogens (tertiary/aromatic N) is 2. The van der Waals surface area contributed by atoms with Crippen molar-refractivity contribution in [1.29, 1.82) is 0 Å². The molecule has 7 nitrogen and oxygen atoms in total. The van der Waals surface area contributed by atoms with Crippen LogP contribution in [-0.2, 0) is 6.42 Å². The van der Waals surface area contributed by atoms with Gasteiger partial charge in [-0.2, -0.15) is 0 Å². The van der Waals surface area contributed by atoms with E-state index >= 15 is 0 Å². The molecule has 2 amide bonds. The van der Waals surface area contributed by atoms with Crippen LogP contribution in [0.5, 0.6) is 11.5 Å². The fourth-order valence-electron chi connectivity index (χ4n) is 4.08. The third-order valence-corrected chi connectivity index (χ3v) is 5.76. The van der Waals surface area contributed by atoms with Gasteiger partial charge in [0, 0.05) is 30.9 Å². The van der Waals surface area contributed by atoms with Crippen LogP contribution in [0.2, 0.25) is 0 Å². The Labute approximate surface area is 199 Å². The predicted molar refractivity (Wildman–Crippen MR) is 129 cm³/mol. The molecule has 0 fully saturated rings. The molecule has 0 radical (unpaired) electrons. The highest BCUT2D eigenvalue weighted by atomic mass is 16.7. The van der Waals surface area contributed by atoms with Crippen LogP contribution in [0.3, 0.4) is 0 Å². The minimum absolute atomic E-state index is 0.0582. The zero-order valence-electron chi connectivity index (χ0n) is 19.3. The Balaban J connectivity index is 1.52. The van der Waals surface area contributed by atoms with Gasteiger partial charge in [0.2, 0.25) is 6.79 Å². The Morgan fingerprint density at radius 2 is 1.82 bits per heavy atom. The molecule has 0 aliphatic carbocycles. The van der Waals surface area contributed by atoms with Crippen molar-refractivity contribution in [2.75, 3.05) is 19.9 Å². The summed E-state index contributed by atoms with van der Waals surface area (Å²) in [4.78, 5) is 32.1. The van der Waals surface area contributed by atoms with Gasteiger partial charge in [-0.15, -0.1) is 0 Å². The van der Waals surface area contributed by atoms with Gasteiger partial charge in [-0.05, 0) is 55.2 Å². The zero-order chi connectivity index (χ0) is 23.8. The van der Waals surface area contributed by atoms with Gasteiger partial charge in [0.15, 0.2) is 11.5 Å². The van der Waals surface area contributed by atoms with Crippen molar-refractivity contribution in [3.05, 3.63) is 89.7 Å². The summed E-state index contributed by atoms with van der Waals surface area (Å²) in [7, 11) is 0. The van der Waals surface area contributed by atoms with Crippen LogP contribution in [0, 0.1) is 0 Å². The van der Waals surface area contributed by atoms with E-state index in [9.17, 15) is 9.59 Å². The summed E-state index contributed by atoms with van der Waals surface area (Å²) in [5.74, 6) is 0.960. The number of rotatable bonds is 10. The Hall–Kier alpha value is -3.87. The van der Waals surface area contributed by atoms with Gasteiger partial charge >= 0.3 is 0 Å². The third-order valence-electron chi connectivity index (χ3n) is 5.76. The number of benzene rings is 2. The van der Waals surface area contributed by atoms with Crippen LogP contribution in [0.1, 0.15) is 46.2 Å². The van der Waals surface area contributed by atoms with Crippen LogP contribution < -0.4 is 14.8 Å². The highest BCUT2D eigenvalue weighted by Crippen LogP contribution is 2.33. The second kappa shape index (κ2) is 11.3. The number of nitrogens with one attached hydrogen (secondary N) is 1. The van der Waals surface area contributed by atoms with Gasteiger partial charge in [0.05, 0.1) is 0 Å². The highest BCUT2D eigenvalue weighted by Gasteiger charge is 2.26. The molecular weight excluding hydrogens is 430 g/mol. The topological polar surface area (TPSA) is 80.8 Å². The number of carbonyl (C=O) groups excluding carboxylic acids is 2. The summed E-state index contributed by atoms with van der Waals surface area (Å²) in [6, 6.07) is 20.6. The van der Waals surface area contributed by atoms with Crippen molar-refractivity contribution in [2.24, 2.45) is 0 Å². The largest absolute Gasteiger partial charge is 0.454 e. The number of ether oxygens (including phenoxy) is 2. The van der Waals surface area contributed by atoms with Crippen molar-refractivity contribution < 1.29 is 19.1 Å². The number of fused-ring (bicyclic) bond motifs is 1.